The third-order valence-electron chi connectivity index (χ3n) is 4.67. The highest BCUT2D eigenvalue weighted by Crippen LogP contribution is 2.24. The zero-order valence-electron chi connectivity index (χ0n) is 17.4. The summed E-state index contributed by atoms with van der Waals surface area (Å²) in [7, 11) is 0. The molecule has 168 valence electrons. The molecule has 10 nitrogen and oxygen atoms in total. The van der Waals surface area contributed by atoms with Gasteiger partial charge in [-0.1, -0.05) is 5.16 Å². The molecule has 1 aliphatic heterocycles. The molecular formula is C21H24N6O4S. The molecule has 0 atom stereocenters. The third-order valence-corrected chi connectivity index (χ3v) is 5.64. The molecule has 11 heteroatoms. The summed E-state index contributed by atoms with van der Waals surface area (Å²) in [5.41, 5.74) is 2.37. The number of hydrogen-bond acceptors (Lipinski definition) is 9. The molecule has 3 N–H and O–H groups in total. The lowest BCUT2D eigenvalue weighted by Crippen LogP contribution is -2.37. The van der Waals surface area contributed by atoms with E-state index < -0.39 is 6.03 Å². The molecule has 1 saturated heterocycles. The maximum Gasteiger partial charge on any atom is 0.324 e. The van der Waals surface area contributed by atoms with Crippen molar-refractivity contribution in [3.63, 3.8) is 0 Å². The Kier molecular flexibility index (Phi) is 7.54. The van der Waals surface area contributed by atoms with Crippen LogP contribution >= 0.6 is 11.8 Å². The molecule has 0 saturated carbocycles. The highest BCUT2D eigenvalue weighted by Gasteiger charge is 2.16. The lowest BCUT2D eigenvalue weighted by molar-refractivity contribution is 0.122. The van der Waals surface area contributed by atoms with Gasteiger partial charge in [0.1, 0.15) is 12.1 Å². The van der Waals surface area contributed by atoms with E-state index >= 15 is 0 Å². The van der Waals surface area contributed by atoms with Gasteiger partial charge in [0, 0.05) is 48.0 Å². The number of carbonyl (C=O) groups is 1. The van der Waals surface area contributed by atoms with Crippen LogP contribution in [-0.2, 0) is 10.5 Å². The number of ether oxygens (including phenoxy) is 1. The zero-order valence-corrected chi connectivity index (χ0v) is 18.2. The average molecular weight is 457 g/mol. The maximum atomic E-state index is 12.1. The molecule has 4 rings (SSSR count). The second-order valence-electron chi connectivity index (χ2n) is 6.96. The van der Waals surface area contributed by atoms with Crippen LogP contribution in [0.1, 0.15) is 5.69 Å². The van der Waals surface area contributed by atoms with Crippen molar-refractivity contribution in [1.82, 2.24) is 15.1 Å². The van der Waals surface area contributed by atoms with Crippen molar-refractivity contribution in [2.24, 2.45) is 0 Å². The van der Waals surface area contributed by atoms with Gasteiger partial charge in [0.2, 0.25) is 0 Å². The van der Waals surface area contributed by atoms with Gasteiger partial charge in [-0.2, -0.15) is 11.8 Å². The van der Waals surface area contributed by atoms with Gasteiger partial charge in [-0.05, 0) is 24.3 Å². The Balaban J connectivity index is 1.50. The van der Waals surface area contributed by atoms with E-state index in [0.717, 1.165) is 30.2 Å². The summed E-state index contributed by atoms with van der Waals surface area (Å²) >= 11 is 1.63. The van der Waals surface area contributed by atoms with Crippen LogP contribution in [-0.4, -0.2) is 64.9 Å². The number of aliphatic hydroxyl groups is 1. The van der Waals surface area contributed by atoms with E-state index in [1.165, 1.54) is 6.26 Å². The molecule has 3 heterocycles. The van der Waals surface area contributed by atoms with E-state index in [2.05, 4.69) is 20.7 Å². The van der Waals surface area contributed by atoms with Crippen molar-refractivity contribution >= 4 is 35.1 Å². The zero-order chi connectivity index (χ0) is 22.2. The van der Waals surface area contributed by atoms with E-state index in [4.69, 9.17) is 24.3 Å². The number of rotatable bonds is 8. The Morgan fingerprint density at radius 3 is 2.66 bits per heavy atom. The fraction of sp³-hybridized carbons (Fsp3) is 0.333. The van der Waals surface area contributed by atoms with Crippen molar-refractivity contribution in [2.45, 2.75) is 5.75 Å². The molecule has 0 spiro atoms. The summed E-state index contributed by atoms with van der Waals surface area (Å²) in [4.78, 5) is 23.8. The predicted molar refractivity (Wildman–Crippen MR) is 123 cm³/mol. The average Bonchev–Trinajstić information content (AvgIpc) is 3.33. The summed E-state index contributed by atoms with van der Waals surface area (Å²) in [5.74, 6) is 3.16. The van der Waals surface area contributed by atoms with Crippen LogP contribution < -0.4 is 15.5 Å². The molecule has 32 heavy (non-hydrogen) atoms. The highest BCUT2D eigenvalue weighted by atomic mass is 32.2. The summed E-state index contributed by atoms with van der Waals surface area (Å²) < 4.78 is 10.2. The summed E-state index contributed by atoms with van der Waals surface area (Å²) in [5, 5.41) is 18.0. The summed E-state index contributed by atoms with van der Waals surface area (Å²) in [6, 6.07) is 10.5. The van der Waals surface area contributed by atoms with Crippen LogP contribution in [0.4, 0.5) is 22.1 Å². The molecule has 2 amide bonds. The van der Waals surface area contributed by atoms with Crippen molar-refractivity contribution in [3.05, 3.63) is 48.4 Å². The number of hydrogen-bond donors (Lipinski definition) is 3. The monoisotopic (exact) mass is 456 g/mol. The molecule has 0 aliphatic carbocycles. The van der Waals surface area contributed by atoms with Gasteiger partial charge >= 0.3 is 6.03 Å². The number of nitrogens with zero attached hydrogens (tertiary/aromatic N) is 4. The first-order chi connectivity index (χ1) is 15.7. The van der Waals surface area contributed by atoms with Crippen molar-refractivity contribution in [1.29, 1.82) is 0 Å². The van der Waals surface area contributed by atoms with Gasteiger partial charge in [-0.3, -0.25) is 5.32 Å². The number of nitrogens with one attached hydrogen (secondary N) is 2. The molecule has 0 unspecified atom stereocenters. The molecule has 1 aliphatic rings. The Bertz CT molecular complexity index is 1010. The number of aromatic nitrogens is 3. The Morgan fingerprint density at radius 2 is 1.94 bits per heavy atom. The number of benzene rings is 1. The second kappa shape index (κ2) is 10.9. The third kappa shape index (κ3) is 5.96. The van der Waals surface area contributed by atoms with Crippen LogP contribution in [0.5, 0.6) is 0 Å². The van der Waals surface area contributed by atoms with Crippen LogP contribution in [0.25, 0.3) is 11.4 Å². The minimum atomic E-state index is -0.416. The lowest BCUT2D eigenvalue weighted by atomic mass is 10.2. The lowest BCUT2D eigenvalue weighted by Gasteiger charge is -2.28. The van der Waals surface area contributed by atoms with Gasteiger partial charge in [-0.25, -0.2) is 14.8 Å². The highest BCUT2D eigenvalue weighted by molar-refractivity contribution is 7.98. The minimum Gasteiger partial charge on any atom is -0.396 e. The molecule has 0 bridgehead atoms. The van der Waals surface area contributed by atoms with E-state index in [-0.39, 0.29) is 6.61 Å². The van der Waals surface area contributed by atoms with Gasteiger partial charge in [-0.15, -0.1) is 0 Å². The van der Waals surface area contributed by atoms with E-state index in [0.29, 0.717) is 42.0 Å². The van der Waals surface area contributed by atoms with Gasteiger partial charge in [0.25, 0.3) is 0 Å². The van der Waals surface area contributed by atoms with Crippen molar-refractivity contribution in [3.8, 4) is 11.4 Å². The smallest absolute Gasteiger partial charge is 0.324 e. The van der Waals surface area contributed by atoms with E-state index in [1.807, 2.05) is 18.2 Å². The first kappa shape index (κ1) is 22.1. The number of morpholine rings is 1. The van der Waals surface area contributed by atoms with Crippen LogP contribution in [0, 0.1) is 0 Å². The number of carbonyl (C=O) groups excluding carboxylic acids is 1. The predicted octanol–water partition coefficient (Wildman–Crippen LogP) is 2.84. The quantitative estimate of drug-likeness (QED) is 0.439. The molecule has 2 aromatic heterocycles. The molecule has 1 fully saturated rings. The number of aliphatic hydroxyl groups excluding tert-OH is 1. The molecule has 0 radical (unpaired) electrons. The standard InChI is InChI=1S/C21H24N6O4S/c28-8-12-32-14-17-13-19(27-6-10-30-11-7-27)25-20(22-17)15-1-3-16(4-2-15)23-21(29)24-18-5-9-31-26-18/h1-5,9,13,28H,6-8,10-12,14H2,(H2,23,24,26,29). The molecule has 3 aromatic rings. The van der Waals surface area contributed by atoms with Crippen molar-refractivity contribution in [2.75, 3.05) is 54.2 Å². The summed E-state index contributed by atoms with van der Waals surface area (Å²) in [6.45, 7) is 3.04. The topological polar surface area (TPSA) is 126 Å². The van der Waals surface area contributed by atoms with E-state index in [1.54, 1.807) is 30.0 Å². The normalized spacial score (nSPS) is 13.7. The van der Waals surface area contributed by atoms with E-state index in [9.17, 15) is 4.79 Å². The molecular weight excluding hydrogens is 432 g/mol. The van der Waals surface area contributed by atoms with Gasteiger partial charge in [0.15, 0.2) is 11.6 Å². The fourth-order valence-electron chi connectivity index (χ4n) is 3.14. The molecule has 1 aromatic carbocycles. The maximum absolute atomic E-state index is 12.1. The van der Waals surface area contributed by atoms with Crippen LogP contribution in [0.3, 0.4) is 0 Å². The Hall–Kier alpha value is -3.15. The first-order valence-corrected chi connectivity index (χ1v) is 11.3. The number of urea groups is 1. The fourth-order valence-corrected chi connectivity index (χ4v) is 3.77. The van der Waals surface area contributed by atoms with Gasteiger partial charge in [0.05, 0.1) is 25.5 Å². The summed E-state index contributed by atoms with van der Waals surface area (Å²) in [6.07, 6.45) is 1.38. The number of thioether (sulfide) groups is 1. The van der Waals surface area contributed by atoms with Crippen LogP contribution in [0.2, 0.25) is 0 Å². The minimum absolute atomic E-state index is 0.137. The van der Waals surface area contributed by atoms with Crippen LogP contribution in [0.15, 0.2) is 47.2 Å². The number of amides is 2. The van der Waals surface area contributed by atoms with Gasteiger partial charge < -0.3 is 24.6 Å². The second-order valence-corrected chi connectivity index (χ2v) is 8.06. The number of anilines is 3. The first-order valence-electron chi connectivity index (χ1n) is 10.2. The SMILES string of the molecule is O=C(Nc1ccc(-c2nc(CSCCO)cc(N3CCOCC3)n2)cc1)Nc1ccon1. The van der Waals surface area contributed by atoms with Crippen molar-refractivity contribution < 1.29 is 19.2 Å². The Labute approximate surface area is 189 Å². The largest absolute Gasteiger partial charge is 0.396 e. The Morgan fingerprint density at radius 1 is 1.12 bits per heavy atom.